The SMILES string of the molecule is N#CCC(=O)NC1CCN(C(=O)c2ccc(=O)[nH]n2)CC1. The van der Waals surface area contributed by atoms with Gasteiger partial charge in [0.05, 0.1) is 6.07 Å². The van der Waals surface area contributed by atoms with E-state index in [1.165, 1.54) is 12.1 Å². The summed E-state index contributed by atoms with van der Waals surface area (Å²) in [5.41, 5.74) is -0.160. The quantitative estimate of drug-likeness (QED) is 0.770. The number of aromatic amines is 1. The predicted octanol–water partition coefficient (Wildman–Crippen LogP) is -0.596. The number of nitrogens with one attached hydrogen (secondary N) is 2. The Kier molecular flexibility index (Phi) is 4.66. The fourth-order valence-corrected chi connectivity index (χ4v) is 2.20. The highest BCUT2D eigenvalue weighted by atomic mass is 16.2. The van der Waals surface area contributed by atoms with E-state index >= 15 is 0 Å². The molecule has 0 aliphatic carbocycles. The van der Waals surface area contributed by atoms with E-state index in [2.05, 4.69) is 15.5 Å². The van der Waals surface area contributed by atoms with Crippen molar-refractivity contribution in [2.75, 3.05) is 13.1 Å². The lowest BCUT2D eigenvalue weighted by Gasteiger charge is -2.32. The third-order valence-electron chi connectivity index (χ3n) is 3.29. The molecule has 1 aromatic heterocycles. The first-order chi connectivity index (χ1) is 10.1. The number of piperidine rings is 1. The van der Waals surface area contributed by atoms with Crippen LogP contribution in [0.25, 0.3) is 0 Å². The van der Waals surface area contributed by atoms with Gasteiger partial charge in [-0.2, -0.15) is 10.4 Å². The number of nitrogens with zero attached hydrogens (tertiary/aromatic N) is 3. The molecule has 2 rings (SSSR count). The van der Waals surface area contributed by atoms with E-state index in [-0.39, 0.29) is 35.5 Å². The molecular formula is C13H15N5O3. The molecule has 21 heavy (non-hydrogen) atoms. The molecule has 110 valence electrons. The van der Waals surface area contributed by atoms with Crippen molar-refractivity contribution in [2.24, 2.45) is 0 Å². The lowest BCUT2D eigenvalue weighted by Crippen LogP contribution is -2.46. The Hall–Kier alpha value is -2.69. The molecule has 2 amide bonds. The minimum atomic E-state index is -0.356. The smallest absolute Gasteiger partial charge is 0.274 e. The van der Waals surface area contributed by atoms with Crippen molar-refractivity contribution in [1.82, 2.24) is 20.4 Å². The molecule has 2 heterocycles. The number of H-pyrrole nitrogens is 1. The van der Waals surface area contributed by atoms with Crippen LogP contribution in [-0.4, -0.2) is 46.0 Å². The number of likely N-dealkylation sites (tertiary alicyclic amines) is 1. The molecule has 0 bridgehead atoms. The Balaban J connectivity index is 1.87. The topological polar surface area (TPSA) is 119 Å². The van der Waals surface area contributed by atoms with E-state index in [0.29, 0.717) is 25.9 Å². The van der Waals surface area contributed by atoms with Crippen LogP contribution >= 0.6 is 0 Å². The van der Waals surface area contributed by atoms with E-state index in [1.54, 1.807) is 11.0 Å². The second-order valence-electron chi connectivity index (χ2n) is 4.78. The number of carbonyl (C=O) groups is 2. The van der Waals surface area contributed by atoms with E-state index in [9.17, 15) is 14.4 Å². The highest BCUT2D eigenvalue weighted by molar-refractivity contribution is 5.92. The van der Waals surface area contributed by atoms with Crippen molar-refractivity contribution in [1.29, 1.82) is 5.26 Å². The maximum Gasteiger partial charge on any atom is 0.274 e. The zero-order valence-electron chi connectivity index (χ0n) is 11.3. The first-order valence-corrected chi connectivity index (χ1v) is 6.61. The third-order valence-corrected chi connectivity index (χ3v) is 3.29. The highest BCUT2D eigenvalue weighted by Crippen LogP contribution is 2.12. The fourth-order valence-electron chi connectivity index (χ4n) is 2.20. The molecule has 1 fully saturated rings. The van der Waals surface area contributed by atoms with Crippen molar-refractivity contribution in [3.05, 3.63) is 28.2 Å². The van der Waals surface area contributed by atoms with Gasteiger partial charge in [0.1, 0.15) is 12.1 Å². The van der Waals surface area contributed by atoms with Gasteiger partial charge < -0.3 is 10.2 Å². The van der Waals surface area contributed by atoms with Gasteiger partial charge in [-0.15, -0.1) is 0 Å². The number of nitriles is 1. The lowest BCUT2D eigenvalue weighted by molar-refractivity contribution is -0.121. The molecule has 1 aliphatic heterocycles. The zero-order chi connectivity index (χ0) is 15.2. The Morgan fingerprint density at radius 3 is 2.71 bits per heavy atom. The molecule has 0 aromatic carbocycles. The maximum absolute atomic E-state index is 12.2. The minimum Gasteiger partial charge on any atom is -0.352 e. The minimum absolute atomic E-state index is 0.0153. The van der Waals surface area contributed by atoms with Gasteiger partial charge in [0.15, 0.2) is 0 Å². The molecule has 0 radical (unpaired) electrons. The van der Waals surface area contributed by atoms with Crippen LogP contribution < -0.4 is 10.9 Å². The molecule has 8 nitrogen and oxygen atoms in total. The summed E-state index contributed by atoms with van der Waals surface area (Å²) < 4.78 is 0. The molecule has 0 saturated carbocycles. The molecule has 1 aliphatic rings. The van der Waals surface area contributed by atoms with Crippen LogP contribution in [0.3, 0.4) is 0 Å². The lowest BCUT2D eigenvalue weighted by atomic mass is 10.0. The maximum atomic E-state index is 12.2. The van der Waals surface area contributed by atoms with Crippen LogP contribution in [0.2, 0.25) is 0 Å². The zero-order valence-corrected chi connectivity index (χ0v) is 11.3. The summed E-state index contributed by atoms with van der Waals surface area (Å²) in [5, 5.41) is 17.1. The van der Waals surface area contributed by atoms with Crippen molar-refractivity contribution in [3.63, 3.8) is 0 Å². The van der Waals surface area contributed by atoms with Crippen LogP contribution in [0.5, 0.6) is 0 Å². The Labute approximate surface area is 120 Å². The number of hydrogen-bond donors (Lipinski definition) is 2. The second kappa shape index (κ2) is 6.65. The van der Waals surface area contributed by atoms with Crippen LogP contribution in [0.15, 0.2) is 16.9 Å². The fraction of sp³-hybridized carbons (Fsp3) is 0.462. The van der Waals surface area contributed by atoms with Crippen LogP contribution in [-0.2, 0) is 4.79 Å². The average molecular weight is 289 g/mol. The van der Waals surface area contributed by atoms with Crippen LogP contribution in [0.1, 0.15) is 29.8 Å². The van der Waals surface area contributed by atoms with Gasteiger partial charge in [-0.25, -0.2) is 5.10 Å². The number of amides is 2. The van der Waals surface area contributed by atoms with E-state index in [1.807, 2.05) is 0 Å². The summed E-state index contributed by atoms with van der Waals surface area (Å²) in [6.45, 7) is 0.994. The summed E-state index contributed by atoms with van der Waals surface area (Å²) >= 11 is 0. The summed E-state index contributed by atoms with van der Waals surface area (Å²) in [7, 11) is 0. The first-order valence-electron chi connectivity index (χ1n) is 6.61. The molecule has 1 aromatic rings. The molecular weight excluding hydrogens is 274 g/mol. The number of rotatable bonds is 3. The largest absolute Gasteiger partial charge is 0.352 e. The third kappa shape index (κ3) is 3.89. The molecule has 0 spiro atoms. The molecule has 0 atom stereocenters. The Morgan fingerprint density at radius 1 is 1.43 bits per heavy atom. The van der Waals surface area contributed by atoms with Gasteiger partial charge in [0, 0.05) is 25.2 Å². The highest BCUT2D eigenvalue weighted by Gasteiger charge is 2.25. The normalized spacial score (nSPS) is 15.3. The van der Waals surface area contributed by atoms with Gasteiger partial charge >= 0.3 is 0 Å². The van der Waals surface area contributed by atoms with Crippen molar-refractivity contribution in [3.8, 4) is 6.07 Å². The molecule has 8 heteroatoms. The van der Waals surface area contributed by atoms with Crippen LogP contribution in [0.4, 0.5) is 0 Å². The number of carbonyl (C=O) groups excluding carboxylic acids is 2. The van der Waals surface area contributed by atoms with Crippen LogP contribution in [0, 0.1) is 11.3 Å². The summed E-state index contributed by atoms with van der Waals surface area (Å²) in [6, 6.07) is 4.43. The van der Waals surface area contributed by atoms with E-state index in [0.717, 1.165) is 0 Å². The van der Waals surface area contributed by atoms with E-state index in [4.69, 9.17) is 5.26 Å². The van der Waals surface area contributed by atoms with Gasteiger partial charge in [0.2, 0.25) is 5.91 Å². The van der Waals surface area contributed by atoms with Gasteiger partial charge in [-0.1, -0.05) is 0 Å². The molecule has 2 N–H and O–H groups in total. The number of hydrogen-bond acceptors (Lipinski definition) is 5. The molecule has 0 unspecified atom stereocenters. The van der Waals surface area contributed by atoms with Crippen molar-refractivity contribution < 1.29 is 9.59 Å². The van der Waals surface area contributed by atoms with Gasteiger partial charge in [-0.05, 0) is 18.9 Å². The van der Waals surface area contributed by atoms with Gasteiger partial charge in [-0.3, -0.25) is 14.4 Å². The monoisotopic (exact) mass is 289 g/mol. The summed E-state index contributed by atoms with van der Waals surface area (Å²) in [5.74, 6) is -0.530. The van der Waals surface area contributed by atoms with Crippen molar-refractivity contribution >= 4 is 11.8 Å². The van der Waals surface area contributed by atoms with Gasteiger partial charge in [0.25, 0.3) is 11.5 Å². The summed E-state index contributed by atoms with van der Waals surface area (Å²) in [4.78, 5) is 36.0. The van der Waals surface area contributed by atoms with Crippen molar-refractivity contribution in [2.45, 2.75) is 25.3 Å². The first kappa shape index (κ1) is 14.7. The average Bonchev–Trinajstić information content (AvgIpc) is 2.48. The second-order valence-corrected chi connectivity index (χ2v) is 4.78. The summed E-state index contributed by atoms with van der Waals surface area (Å²) in [6.07, 6.45) is 1.11. The van der Waals surface area contributed by atoms with E-state index < -0.39 is 0 Å². The Bertz CT molecular complexity index is 605. The standard InChI is InChI=1S/C13H15N5O3/c14-6-3-11(19)15-9-4-7-18(8-5-9)13(21)10-1-2-12(20)17-16-10/h1-2,9H,3-5,7-8H2,(H,15,19)(H,17,20). The number of aromatic nitrogens is 2. The predicted molar refractivity (Wildman–Crippen MR) is 72.2 cm³/mol. The molecule has 1 saturated heterocycles. The Morgan fingerprint density at radius 2 is 2.14 bits per heavy atom.